The lowest BCUT2D eigenvalue weighted by Crippen LogP contribution is -2.29. The van der Waals surface area contributed by atoms with Crippen LogP contribution in [0.2, 0.25) is 0 Å². The molecule has 1 heterocycles. The maximum absolute atomic E-state index is 15.2. The molecular weight excluding hydrogens is 460 g/mol. The molecule has 1 aliphatic heterocycles. The van der Waals surface area contributed by atoms with E-state index in [0.29, 0.717) is 15.7 Å². The van der Waals surface area contributed by atoms with Gasteiger partial charge in [0, 0.05) is 10.8 Å². The quantitative estimate of drug-likeness (QED) is 0.467. The largest absolute Gasteiger partial charge is 0.493 e. The van der Waals surface area contributed by atoms with Crippen molar-refractivity contribution in [3.05, 3.63) is 64.7 Å². The lowest BCUT2D eigenvalue weighted by atomic mass is 9.98. The second kappa shape index (κ2) is 9.87. The Bertz CT molecular complexity index is 1290. The van der Waals surface area contributed by atoms with E-state index in [4.69, 9.17) is 14.2 Å². The van der Waals surface area contributed by atoms with Crippen LogP contribution in [0.5, 0.6) is 11.5 Å². The molecule has 0 radical (unpaired) electrons. The maximum atomic E-state index is 15.2. The average molecular weight is 485 g/mol. The number of hydrogen-bond acceptors (Lipinski definition) is 6. The predicted molar refractivity (Wildman–Crippen MR) is 125 cm³/mol. The number of carbonyl (C=O) groups excluding carboxylic acids is 2. The maximum Gasteiger partial charge on any atom is 0.310 e. The first-order valence-electron chi connectivity index (χ1n) is 11.3. The number of aliphatic hydroxyl groups excluding tert-OH is 1. The Balaban J connectivity index is 1.88. The molecule has 3 aromatic rings. The highest BCUT2D eigenvalue weighted by Gasteiger charge is 2.45. The van der Waals surface area contributed by atoms with Crippen LogP contribution in [0.4, 0.5) is 14.5 Å². The zero-order chi connectivity index (χ0) is 25.3. The van der Waals surface area contributed by atoms with Gasteiger partial charge < -0.3 is 19.3 Å². The molecule has 0 aromatic heterocycles. The van der Waals surface area contributed by atoms with Gasteiger partial charge in [0.05, 0.1) is 37.4 Å². The smallest absolute Gasteiger partial charge is 0.310 e. The molecule has 1 atom stereocenters. The number of carbonyl (C=O) groups is 2. The van der Waals surface area contributed by atoms with Crippen molar-refractivity contribution in [1.29, 1.82) is 0 Å². The summed E-state index contributed by atoms with van der Waals surface area (Å²) in [4.78, 5) is 26.0. The molecule has 0 saturated carbocycles. The molecule has 1 N–H and O–H groups in total. The number of amides is 1. The van der Waals surface area contributed by atoms with Crippen LogP contribution in [0.1, 0.15) is 48.5 Å². The number of nitrogens with zero attached hydrogens (tertiary/aromatic N) is 1. The number of esters is 1. The van der Waals surface area contributed by atoms with E-state index in [1.54, 1.807) is 45.0 Å². The Hall–Kier alpha value is -3.72. The highest BCUT2D eigenvalue weighted by molar-refractivity contribution is 6.17. The second-order valence-corrected chi connectivity index (χ2v) is 7.80. The van der Waals surface area contributed by atoms with Crippen LogP contribution in [0.15, 0.2) is 36.4 Å². The van der Waals surface area contributed by atoms with Gasteiger partial charge in [-0.25, -0.2) is 8.78 Å². The van der Waals surface area contributed by atoms with Crippen molar-refractivity contribution in [2.75, 3.05) is 24.7 Å². The first kappa shape index (κ1) is 24.4. The summed E-state index contributed by atoms with van der Waals surface area (Å²) in [5.74, 6) is -3.25. The van der Waals surface area contributed by atoms with Gasteiger partial charge in [-0.05, 0) is 38.5 Å². The van der Waals surface area contributed by atoms with E-state index in [0.717, 1.165) is 12.1 Å². The molecule has 1 amide bonds. The van der Waals surface area contributed by atoms with Gasteiger partial charge in [0.15, 0.2) is 6.23 Å². The molecule has 1 aliphatic rings. The lowest BCUT2D eigenvalue weighted by Gasteiger charge is -2.23. The summed E-state index contributed by atoms with van der Waals surface area (Å²) >= 11 is 0. The monoisotopic (exact) mass is 485 g/mol. The summed E-state index contributed by atoms with van der Waals surface area (Å²) < 4.78 is 46.8. The van der Waals surface area contributed by atoms with Crippen molar-refractivity contribution in [2.24, 2.45) is 0 Å². The number of aliphatic hydroxyl groups is 1. The third kappa shape index (κ3) is 4.16. The molecule has 3 aromatic carbocycles. The second-order valence-electron chi connectivity index (χ2n) is 7.80. The van der Waals surface area contributed by atoms with Gasteiger partial charge >= 0.3 is 5.97 Å². The minimum atomic E-state index is -1.73. The van der Waals surface area contributed by atoms with Gasteiger partial charge in [-0.3, -0.25) is 14.5 Å². The first-order chi connectivity index (χ1) is 16.8. The van der Waals surface area contributed by atoms with Gasteiger partial charge in [0.2, 0.25) is 0 Å². The zero-order valence-corrected chi connectivity index (χ0v) is 19.6. The predicted octanol–water partition coefficient (Wildman–Crippen LogP) is 4.67. The number of ether oxygens (including phenoxy) is 3. The Morgan fingerprint density at radius 3 is 2.11 bits per heavy atom. The molecule has 0 saturated heterocycles. The van der Waals surface area contributed by atoms with Crippen LogP contribution < -0.4 is 14.4 Å². The third-order valence-corrected chi connectivity index (χ3v) is 5.64. The summed E-state index contributed by atoms with van der Waals surface area (Å²) in [7, 11) is 0. The summed E-state index contributed by atoms with van der Waals surface area (Å²) in [6, 6.07) is 8.94. The van der Waals surface area contributed by atoms with Crippen LogP contribution in [0.3, 0.4) is 0 Å². The summed E-state index contributed by atoms with van der Waals surface area (Å²) in [5, 5.41) is 12.4. The van der Waals surface area contributed by atoms with Crippen LogP contribution in [0.25, 0.3) is 10.8 Å². The average Bonchev–Trinajstić information content (AvgIpc) is 3.06. The van der Waals surface area contributed by atoms with Crippen molar-refractivity contribution in [3.63, 3.8) is 0 Å². The molecule has 0 fully saturated rings. The van der Waals surface area contributed by atoms with Crippen LogP contribution in [-0.4, -0.2) is 36.8 Å². The van der Waals surface area contributed by atoms with Crippen molar-refractivity contribution in [2.45, 2.75) is 33.4 Å². The number of rotatable bonds is 8. The van der Waals surface area contributed by atoms with Crippen molar-refractivity contribution in [3.8, 4) is 11.5 Å². The van der Waals surface area contributed by atoms with Gasteiger partial charge in [0.1, 0.15) is 28.8 Å². The molecule has 0 spiro atoms. The summed E-state index contributed by atoms with van der Waals surface area (Å²) in [6.07, 6.45) is -2.07. The first-order valence-corrected chi connectivity index (χ1v) is 11.3. The molecule has 1 unspecified atom stereocenters. The molecule has 0 bridgehead atoms. The van der Waals surface area contributed by atoms with E-state index < -0.39 is 35.4 Å². The number of benzene rings is 3. The Kier molecular flexibility index (Phi) is 6.88. The molecule has 35 heavy (non-hydrogen) atoms. The highest BCUT2D eigenvalue weighted by atomic mass is 19.1. The SMILES string of the molecule is CCOC(=O)Cc1cc(F)c(N2C(=O)c3c(c(OCC)c4ccccc4c3OCC)C2O)c(F)c1. The van der Waals surface area contributed by atoms with E-state index in [1.807, 2.05) is 0 Å². The highest BCUT2D eigenvalue weighted by Crippen LogP contribution is 2.50. The van der Waals surface area contributed by atoms with Crippen molar-refractivity contribution >= 4 is 28.3 Å². The Morgan fingerprint density at radius 1 is 0.971 bits per heavy atom. The van der Waals surface area contributed by atoms with Crippen molar-refractivity contribution in [1.82, 2.24) is 0 Å². The van der Waals surface area contributed by atoms with Gasteiger partial charge in [-0.1, -0.05) is 24.3 Å². The molecule has 184 valence electrons. The Morgan fingerprint density at radius 2 is 1.54 bits per heavy atom. The van der Waals surface area contributed by atoms with Crippen molar-refractivity contribution < 1.29 is 37.7 Å². The fourth-order valence-corrected chi connectivity index (χ4v) is 4.36. The van der Waals surface area contributed by atoms with Crippen LogP contribution in [-0.2, 0) is 16.0 Å². The fourth-order valence-electron chi connectivity index (χ4n) is 4.36. The standard InChI is InChI=1S/C26H25F2NO6/c1-4-33-19(30)13-14-11-17(27)22(18(28)12-14)29-25(31)20-21(26(29)32)24(35-6-3)16-10-8-7-9-15(16)23(20)34-5-2/h7-12,25,31H,4-6,13H2,1-3H3. The minimum absolute atomic E-state index is 0.0177. The topological polar surface area (TPSA) is 85.3 Å². The van der Waals surface area contributed by atoms with E-state index in [-0.39, 0.29) is 54.4 Å². The van der Waals surface area contributed by atoms with Crippen LogP contribution in [0, 0.1) is 11.6 Å². The van der Waals surface area contributed by atoms with E-state index in [9.17, 15) is 14.7 Å². The molecule has 7 nitrogen and oxygen atoms in total. The minimum Gasteiger partial charge on any atom is -0.493 e. The fraction of sp³-hybridized carbons (Fsp3) is 0.308. The molecule has 4 rings (SSSR count). The number of hydrogen-bond donors (Lipinski definition) is 1. The van der Waals surface area contributed by atoms with E-state index in [2.05, 4.69) is 0 Å². The van der Waals surface area contributed by atoms with Gasteiger partial charge in [-0.15, -0.1) is 0 Å². The van der Waals surface area contributed by atoms with Gasteiger partial charge in [-0.2, -0.15) is 0 Å². The molecular formula is C26H25F2NO6. The lowest BCUT2D eigenvalue weighted by molar-refractivity contribution is -0.142. The third-order valence-electron chi connectivity index (χ3n) is 5.64. The van der Waals surface area contributed by atoms with E-state index >= 15 is 8.78 Å². The van der Waals surface area contributed by atoms with Crippen LogP contribution >= 0.6 is 0 Å². The van der Waals surface area contributed by atoms with Gasteiger partial charge in [0.25, 0.3) is 5.91 Å². The molecule has 9 heteroatoms. The normalized spacial score (nSPS) is 14.9. The summed E-state index contributed by atoms with van der Waals surface area (Å²) in [6.45, 7) is 5.70. The summed E-state index contributed by atoms with van der Waals surface area (Å²) in [5.41, 5.74) is -0.638. The van der Waals surface area contributed by atoms with E-state index in [1.165, 1.54) is 0 Å². The number of anilines is 1. The Labute approximate surface area is 200 Å². The number of halogens is 2. The zero-order valence-electron chi connectivity index (χ0n) is 19.6. The molecule has 0 aliphatic carbocycles. The number of fused-ring (bicyclic) bond motifs is 2.